The summed E-state index contributed by atoms with van der Waals surface area (Å²) in [6, 6.07) is 6.08. The van der Waals surface area contributed by atoms with Crippen molar-refractivity contribution in [3.8, 4) is 11.5 Å². The van der Waals surface area contributed by atoms with E-state index in [4.69, 9.17) is 15.3 Å². The molecule has 0 aliphatic carbocycles. The molecule has 4 heteroatoms. The molecule has 1 unspecified atom stereocenters. The lowest BCUT2D eigenvalue weighted by Crippen LogP contribution is -2.27. The summed E-state index contributed by atoms with van der Waals surface area (Å²) in [7, 11) is 0. The van der Waals surface area contributed by atoms with E-state index in [1.807, 2.05) is 32.0 Å². The number of nitrogens with one attached hydrogen (secondary N) is 1. The number of hydrogen-bond acceptors (Lipinski definition) is 4. The largest absolute Gasteiger partial charge is 0.490 e. The topological polar surface area (TPSA) is 56.5 Å². The second-order valence-electron chi connectivity index (χ2n) is 3.70. The Morgan fingerprint density at radius 2 is 1.76 bits per heavy atom. The number of nitrogens with two attached hydrogens (primary N) is 1. The molecule has 0 fully saturated rings. The molecule has 3 N–H and O–H groups in total. The van der Waals surface area contributed by atoms with Crippen LogP contribution in [0.2, 0.25) is 0 Å². The number of hydrogen-bond donors (Lipinski definition) is 2. The maximum absolute atomic E-state index is 5.58. The Hall–Kier alpha value is -1.26. The first-order chi connectivity index (χ1) is 8.26. The molecule has 0 aliphatic heterocycles. The fourth-order valence-corrected chi connectivity index (χ4v) is 1.73. The van der Waals surface area contributed by atoms with Gasteiger partial charge in [0, 0.05) is 6.04 Å². The minimum atomic E-state index is 0.143. The van der Waals surface area contributed by atoms with Gasteiger partial charge in [-0.3, -0.25) is 11.3 Å². The molecule has 1 aromatic carbocycles. The second-order valence-corrected chi connectivity index (χ2v) is 3.70. The lowest BCUT2D eigenvalue weighted by molar-refractivity contribution is 0.287. The quantitative estimate of drug-likeness (QED) is 0.565. The second kappa shape index (κ2) is 7.14. The van der Waals surface area contributed by atoms with Gasteiger partial charge in [-0.05, 0) is 38.0 Å². The summed E-state index contributed by atoms with van der Waals surface area (Å²) in [5, 5.41) is 0. The van der Waals surface area contributed by atoms with E-state index < -0.39 is 0 Å². The summed E-state index contributed by atoms with van der Waals surface area (Å²) >= 11 is 0. The van der Waals surface area contributed by atoms with Crippen LogP contribution in [0.4, 0.5) is 0 Å². The fourth-order valence-electron chi connectivity index (χ4n) is 1.73. The monoisotopic (exact) mass is 238 g/mol. The summed E-state index contributed by atoms with van der Waals surface area (Å²) in [5.74, 6) is 7.07. The maximum Gasteiger partial charge on any atom is 0.161 e. The number of rotatable bonds is 7. The Morgan fingerprint density at radius 1 is 1.12 bits per heavy atom. The molecule has 1 rings (SSSR count). The van der Waals surface area contributed by atoms with E-state index in [-0.39, 0.29) is 6.04 Å². The van der Waals surface area contributed by atoms with Crippen LogP contribution in [-0.2, 0) is 0 Å². The van der Waals surface area contributed by atoms with Gasteiger partial charge in [-0.1, -0.05) is 13.0 Å². The van der Waals surface area contributed by atoms with Crippen molar-refractivity contribution >= 4 is 0 Å². The van der Waals surface area contributed by atoms with Gasteiger partial charge in [-0.15, -0.1) is 0 Å². The van der Waals surface area contributed by atoms with Gasteiger partial charge in [0.1, 0.15) is 0 Å². The van der Waals surface area contributed by atoms with Crippen molar-refractivity contribution in [1.29, 1.82) is 0 Å². The molecule has 4 nitrogen and oxygen atoms in total. The minimum absolute atomic E-state index is 0.143. The molecule has 0 amide bonds. The van der Waals surface area contributed by atoms with Crippen LogP contribution in [0.15, 0.2) is 18.2 Å². The van der Waals surface area contributed by atoms with Gasteiger partial charge < -0.3 is 9.47 Å². The number of ether oxygens (including phenoxy) is 2. The van der Waals surface area contributed by atoms with Gasteiger partial charge in [-0.2, -0.15) is 0 Å². The third kappa shape index (κ3) is 3.61. The van der Waals surface area contributed by atoms with Gasteiger partial charge in [0.05, 0.1) is 13.2 Å². The SMILES string of the molecule is CCOc1ccc(C(CC)NN)cc1OCC. The van der Waals surface area contributed by atoms with Crippen molar-refractivity contribution in [2.45, 2.75) is 33.2 Å². The summed E-state index contributed by atoms with van der Waals surface area (Å²) in [6.45, 7) is 7.25. The van der Waals surface area contributed by atoms with E-state index >= 15 is 0 Å². The predicted molar refractivity (Wildman–Crippen MR) is 69.1 cm³/mol. The fraction of sp³-hybridized carbons (Fsp3) is 0.538. The number of hydrazine groups is 1. The first kappa shape index (κ1) is 13.8. The van der Waals surface area contributed by atoms with Crippen LogP contribution in [0.1, 0.15) is 38.8 Å². The Morgan fingerprint density at radius 3 is 2.29 bits per heavy atom. The molecule has 0 heterocycles. The normalized spacial score (nSPS) is 12.2. The van der Waals surface area contributed by atoms with Crippen molar-refractivity contribution < 1.29 is 9.47 Å². The summed E-state index contributed by atoms with van der Waals surface area (Å²) in [4.78, 5) is 0. The van der Waals surface area contributed by atoms with Gasteiger partial charge in [-0.25, -0.2) is 0 Å². The molecule has 96 valence electrons. The van der Waals surface area contributed by atoms with Crippen molar-refractivity contribution in [2.75, 3.05) is 13.2 Å². The van der Waals surface area contributed by atoms with Gasteiger partial charge in [0.25, 0.3) is 0 Å². The van der Waals surface area contributed by atoms with Crippen LogP contribution in [0.25, 0.3) is 0 Å². The van der Waals surface area contributed by atoms with Crippen LogP contribution in [-0.4, -0.2) is 13.2 Å². The summed E-state index contributed by atoms with van der Waals surface area (Å²) < 4.78 is 11.1. The molecule has 0 radical (unpaired) electrons. The van der Waals surface area contributed by atoms with Crippen LogP contribution in [0.3, 0.4) is 0 Å². The van der Waals surface area contributed by atoms with Gasteiger partial charge in [0.2, 0.25) is 0 Å². The molecule has 0 aliphatic rings. The van der Waals surface area contributed by atoms with Crippen LogP contribution in [0.5, 0.6) is 11.5 Å². The Labute approximate surface area is 103 Å². The zero-order valence-corrected chi connectivity index (χ0v) is 10.8. The highest BCUT2D eigenvalue weighted by molar-refractivity contribution is 5.43. The highest BCUT2D eigenvalue weighted by atomic mass is 16.5. The number of benzene rings is 1. The third-order valence-electron chi connectivity index (χ3n) is 2.58. The summed E-state index contributed by atoms with van der Waals surface area (Å²) in [5.41, 5.74) is 3.91. The van der Waals surface area contributed by atoms with E-state index in [1.54, 1.807) is 0 Å². The molecule has 0 bridgehead atoms. The Balaban J connectivity index is 2.99. The van der Waals surface area contributed by atoms with Gasteiger partial charge in [0.15, 0.2) is 11.5 Å². The molecule has 1 atom stereocenters. The molecule has 0 aromatic heterocycles. The minimum Gasteiger partial charge on any atom is -0.490 e. The van der Waals surface area contributed by atoms with E-state index in [9.17, 15) is 0 Å². The molecular formula is C13H22N2O2. The van der Waals surface area contributed by atoms with Crippen LogP contribution in [0, 0.1) is 0 Å². The van der Waals surface area contributed by atoms with E-state index in [0.717, 1.165) is 23.5 Å². The van der Waals surface area contributed by atoms with Crippen molar-refractivity contribution in [1.82, 2.24) is 5.43 Å². The average molecular weight is 238 g/mol. The van der Waals surface area contributed by atoms with E-state index in [1.165, 1.54) is 0 Å². The van der Waals surface area contributed by atoms with Crippen LogP contribution < -0.4 is 20.7 Å². The smallest absolute Gasteiger partial charge is 0.161 e. The van der Waals surface area contributed by atoms with Crippen molar-refractivity contribution in [3.05, 3.63) is 23.8 Å². The average Bonchev–Trinajstić information content (AvgIpc) is 2.34. The zero-order valence-electron chi connectivity index (χ0n) is 10.8. The molecular weight excluding hydrogens is 216 g/mol. The molecule has 17 heavy (non-hydrogen) atoms. The lowest BCUT2D eigenvalue weighted by atomic mass is 10.0. The Kier molecular flexibility index (Phi) is 5.80. The first-order valence-corrected chi connectivity index (χ1v) is 6.12. The molecule has 0 saturated heterocycles. The van der Waals surface area contributed by atoms with Crippen molar-refractivity contribution in [3.63, 3.8) is 0 Å². The Bertz CT molecular complexity index is 338. The predicted octanol–water partition coefficient (Wildman–Crippen LogP) is 2.40. The van der Waals surface area contributed by atoms with Gasteiger partial charge >= 0.3 is 0 Å². The van der Waals surface area contributed by atoms with E-state index in [0.29, 0.717) is 13.2 Å². The van der Waals surface area contributed by atoms with Crippen LogP contribution >= 0.6 is 0 Å². The summed E-state index contributed by atoms with van der Waals surface area (Å²) in [6.07, 6.45) is 0.927. The highest BCUT2D eigenvalue weighted by Crippen LogP contribution is 2.31. The van der Waals surface area contributed by atoms with Crippen molar-refractivity contribution in [2.24, 2.45) is 5.84 Å². The first-order valence-electron chi connectivity index (χ1n) is 6.12. The standard InChI is InChI=1S/C13H22N2O2/c1-4-11(15-14)10-7-8-12(16-5-2)13(9-10)17-6-3/h7-9,11,15H,4-6,14H2,1-3H3. The third-order valence-corrected chi connectivity index (χ3v) is 2.58. The molecule has 0 spiro atoms. The van der Waals surface area contributed by atoms with E-state index in [2.05, 4.69) is 12.3 Å². The highest BCUT2D eigenvalue weighted by Gasteiger charge is 2.11. The molecule has 1 aromatic rings. The lowest BCUT2D eigenvalue weighted by Gasteiger charge is -2.17. The zero-order chi connectivity index (χ0) is 12.7. The molecule has 0 saturated carbocycles. The maximum atomic E-state index is 5.58.